The van der Waals surface area contributed by atoms with Gasteiger partial charge in [0.05, 0.1) is 18.2 Å². The number of benzene rings is 2. The summed E-state index contributed by atoms with van der Waals surface area (Å²) in [5.41, 5.74) is 1.36. The molecular formula is C23H26N2O5S. The van der Waals surface area contributed by atoms with E-state index in [1.54, 1.807) is 35.2 Å². The molecule has 0 aliphatic carbocycles. The Bertz CT molecular complexity index is 947. The van der Waals surface area contributed by atoms with Gasteiger partial charge in [-0.3, -0.25) is 14.4 Å². The Morgan fingerprint density at radius 3 is 2.58 bits per heavy atom. The maximum atomic E-state index is 12.6. The Morgan fingerprint density at radius 1 is 1.19 bits per heavy atom. The summed E-state index contributed by atoms with van der Waals surface area (Å²) in [7, 11) is 0. The van der Waals surface area contributed by atoms with Crippen molar-refractivity contribution in [1.29, 1.82) is 0 Å². The third-order valence-electron chi connectivity index (χ3n) is 4.94. The average Bonchev–Trinajstić information content (AvgIpc) is 3.16. The lowest BCUT2D eigenvalue weighted by Gasteiger charge is -2.18. The molecule has 1 heterocycles. The second-order valence-corrected chi connectivity index (χ2v) is 7.95. The normalized spacial score (nSPS) is 16.7. The van der Waals surface area contributed by atoms with Crippen LogP contribution >= 0.6 is 11.8 Å². The van der Waals surface area contributed by atoms with E-state index in [4.69, 9.17) is 9.47 Å². The zero-order valence-electron chi connectivity index (χ0n) is 17.8. The van der Waals surface area contributed by atoms with Crippen molar-refractivity contribution in [2.75, 3.05) is 29.6 Å². The van der Waals surface area contributed by atoms with Gasteiger partial charge in [-0.05, 0) is 56.5 Å². The maximum absolute atomic E-state index is 12.6. The lowest BCUT2D eigenvalue weighted by Crippen LogP contribution is -2.33. The Kier molecular flexibility index (Phi) is 7.57. The highest BCUT2D eigenvalue weighted by Crippen LogP contribution is 2.28. The van der Waals surface area contributed by atoms with Gasteiger partial charge in [-0.15, -0.1) is 11.8 Å². The molecule has 1 aliphatic heterocycles. The van der Waals surface area contributed by atoms with E-state index in [1.165, 1.54) is 18.7 Å². The van der Waals surface area contributed by atoms with Crippen molar-refractivity contribution in [3.63, 3.8) is 0 Å². The van der Waals surface area contributed by atoms with E-state index in [0.717, 1.165) is 10.6 Å². The zero-order chi connectivity index (χ0) is 22.4. The largest absolute Gasteiger partial charge is 0.494 e. The first-order valence-corrected chi connectivity index (χ1v) is 11.3. The number of ether oxygens (including phenoxy) is 2. The standard InChI is InChI=1S/C23H26N2O5S/c1-4-29-18-11-9-17(10-12-18)25-14-16(13-21(25)26)23(28)30-15(2)22(27)24-19-7-5-6-8-20(19)31-3/h5-12,15-16H,4,13-14H2,1-3H3,(H,24,27)/t15-,16+/m0/s1. The van der Waals surface area contributed by atoms with Crippen LogP contribution in [0, 0.1) is 5.92 Å². The molecule has 0 spiro atoms. The lowest BCUT2D eigenvalue weighted by atomic mass is 10.1. The summed E-state index contributed by atoms with van der Waals surface area (Å²) in [4.78, 5) is 40.0. The van der Waals surface area contributed by atoms with Crippen LogP contribution < -0.4 is 15.0 Å². The minimum absolute atomic E-state index is 0.0513. The molecule has 1 aliphatic rings. The fraction of sp³-hybridized carbons (Fsp3) is 0.348. The summed E-state index contributed by atoms with van der Waals surface area (Å²) in [6.07, 6.45) is 0.995. The summed E-state index contributed by atoms with van der Waals surface area (Å²) in [5.74, 6) is -1.02. The van der Waals surface area contributed by atoms with Gasteiger partial charge in [0.15, 0.2) is 6.10 Å². The third-order valence-corrected chi connectivity index (χ3v) is 5.74. The molecule has 1 saturated heterocycles. The minimum Gasteiger partial charge on any atom is -0.494 e. The molecule has 0 saturated carbocycles. The van der Waals surface area contributed by atoms with E-state index in [-0.39, 0.29) is 18.9 Å². The molecule has 0 aromatic heterocycles. The Hall–Kier alpha value is -3.00. The number of amides is 2. The predicted molar refractivity (Wildman–Crippen MR) is 120 cm³/mol. The van der Waals surface area contributed by atoms with Gasteiger partial charge in [0.2, 0.25) is 5.91 Å². The molecule has 7 nitrogen and oxygen atoms in total. The number of carbonyl (C=O) groups is 3. The van der Waals surface area contributed by atoms with Gasteiger partial charge in [0, 0.05) is 23.5 Å². The molecular weight excluding hydrogens is 416 g/mol. The molecule has 8 heteroatoms. The number of para-hydroxylation sites is 1. The summed E-state index contributed by atoms with van der Waals surface area (Å²) >= 11 is 1.51. The van der Waals surface area contributed by atoms with Crippen LogP contribution in [-0.2, 0) is 19.1 Å². The van der Waals surface area contributed by atoms with Crippen molar-refractivity contribution < 1.29 is 23.9 Å². The molecule has 1 N–H and O–H groups in total. The van der Waals surface area contributed by atoms with Crippen LogP contribution in [0.5, 0.6) is 5.75 Å². The van der Waals surface area contributed by atoms with Crippen LogP contribution in [0.4, 0.5) is 11.4 Å². The number of anilines is 2. The van der Waals surface area contributed by atoms with E-state index in [9.17, 15) is 14.4 Å². The first-order chi connectivity index (χ1) is 14.9. The smallest absolute Gasteiger partial charge is 0.312 e. The number of carbonyl (C=O) groups excluding carboxylic acids is 3. The lowest BCUT2D eigenvalue weighted by molar-refractivity contribution is -0.157. The Morgan fingerprint density at radius 2 is 1.90 bits per heavy atom. The van der Waals surface area contributed by atoms with E-state index in [2.05, 4.69) is 5.32 Å². The maximum Gasteiger partial charge on any atom is 0.312 e. The fourth-order valence-electron chi connectivity index (χ4n) is 3.31. The number of hydrogen-bond acceptors (Lipinski definition) is 6. The molecule has 0 unspecified atom stereocenters. The Labute approximate surface area is 186 Å². The first-order valence-electron chi connectivity index (χ1n) is 10.1. The summed E-state index contributed by atoms with van der Waals surface area (Å²) in [6, 6.07) is 14.6. The highest BCUT2D eigenvalue weighted by Gasteiger charge is 2.37. The summed E-state index contributed by atoms with van der Waals surface area (Å²) < 4.78 is 10.8. The monoisotopic (exact) mass is 442 g/mol. The Balaban J connectivity index is 1.57. The van der Waals surface area contributed by atoms with Crippen molar-refractivity contribution in [3.05, 3.63) is 48.5 Å². The molecule has 2 atom stereocenters. The number of hydrogen-bond donors (Lipinski definition) is 1. The van der Waals surface area contributed by atoms with Gasteiger partial charge in [-0.25, -0.2) is 0 Å². The van der Waals surface area contributed by atoms with E-state index >= 15 is 0 Å². The molecule has 2 aromatic carbocycles. The third kappa shape index (κ3) is 5.58. The second kappa shape index (κ2) is 10.3. The SMILES string of the molecule is CCOc1ccc(N2C[C@H](C(=O)O[C@@H](C)C(=O)Nc3ccccc3SC)CC2=O)cc1. The number of esters is 1. The molecule has 0 bridgehead atoms. The zero-order valence-corrected chi connectivity index (χ0v) is 18.6. The molecule has 3 rings (SSSR count). The van der Waals surface area contributed by atoms with Crippen LogP contribution in [0.1, 0.15) is 20.3 Å². The van der Waals surface area contributed by atoms with Gasteiger partial charge >= 0.3 is 5.97 Å². The molecule has 1 fully saturated rings. The highest BCUT2D eigenvalue weighted by molar-refractivity contribution is 7.98. The van der Waals surface area contributed by atoms with Gasteiger partial charge in [-0.2, -0.15) is 0 Å². The van der Waals surface area contributed by atoms with Gasteiger partial charge in [0.1, 0.15) is 5.75 Å². The van der Waals surface area contributed by atoms with Gasteiger partial charge < -0.3 is 19.7 Å². The number of rotatable bonds is 8. The summed E-state index contributed by atoms with van der Waals surface area (Å²) in [5, 5.41) is 2.79. The fourth-order valence-corrected chi connectivity index (χ4v) is 3.86. The van der Waals surface area contributed by atoms with Crippen LogP contribution in [0.3, 0.4) is 0 Å². The van der Waals surface area contributed by atoms with Crippen LogP contribution in [-0.4, -0.2) is 43.3 Å². The van der Waals surface area contributed by atoms with Crippen molar-refractivity contribution >= 4 is 40.9 Å². The average molecular weight is 443 g/mol. The van der Waals surface area contributed by atoms with Gasteiger partial charge in [0.25, 0.3) is 5.91 Å². The van der Waals surface area contributed by atoms with Crippen molar-refractivity contribution in [3.8, 4) is 5.75 Å². The van der Waals surface area contributed by atoms with Crippen molar-refractivity contribution in [2.45, 2.75) is 31.3 Å². The topological polar surface area (TPSA) is 84.9 Å². The number of nitrogens with one attached hydrogen (secondary N) is 1. The highest BCUT2D eigenvalue weighted by atomic mass is 32.2. The van der Waals surface area contributed by atoms with E-state index in [0.29, 0.717) is 18.0 Å². The first kappa shape index (κ1) is 22.7. The minimum atomic E-state index is -0.975. The predicted octanol–water partition coefficient (Wildman–Crippen LogP) is 3.73. The van der Waals surface area contributed by atoms with E-state index < -0.39 is 23.9 Å². The van der Waals surface area contributed by atoms with Crippen molar-refractivity contribution in [2.24, 2.45) is 5.92 Å². The molecule has 2 amide bonds. The summed E-state index contributed by atoms with van der Waals surface area (Å²) in [6.45, 7) is 4.20. The second-order valence-electron chi connectivity index (χ2n) is 7.10. The molecule has 31 heavy (non-hydrogen) atoms. The van der Waals surface area contributed by atoms with Crippen molar-refractivity contribution in [1.82, 2.24) is 0 Å². The van der Waals surface area contributed by atoms with Crippen LogP contribution in [0.25, 0.3) is 0 Å². The van der Waals surface area contributed by atoms with Crippen LogP contribution in [0.15, 0.2) is 53.4 Å². The number of thioether (sulfide) groups is 1. The quantitative estimate of drug-likeness (QED) is 0.495. The van der Waals surface area contributed by atoms with Crippen LogP contribution in [0.2, 0.25) is 0 Å². The van der Waals surface area contributed by atoms with Gasteiger partial charge in [-0.1, -0.05) is 12.1 Å². The molecule has 2 aromatic rings. The molecule has 0 radical (unpaired) electrons. The molecule has 164 valence electrons. The van der Waals surface area contributed by atoms with E-state index in [1.807, 2.05) is 31.4 Å². The number of nitrogens with zero attached hydrogens (tertiary/aromatic N) is 1.